The van der Waals surface area contributed by atoms with E-state index in [1.807, 2.05) is 6.92 Å². The van der Waals surface area contributed by atoms with Gasteiger partial charge in [0.15, 0.2) is 5.96 Å². The summed E-state index contributed by atoms with van der Waals surface area (Å²) in [6, 6.07) is 6.31. The number of halogens is 1. The number of nitrogens with one attached hydrogen (secondary N) is 2. The van der Waals surface area contributed by atoms with Crippen LogP contribution < -0.4 is 15.4 Å². The zero-order valence-electron chi connectivity index (χ0n) is 15.9. The molecule has 26 heavy (non-hydrogen) atoms. The van der Waals surface area contributed by atoms with Crippen molar-refractivity contribution in [3.63, 3.8) is 0 Å². The fourth-order valence-corrected chi connectivity index (χ4v) is 2.93. The normalized spacial score (nSPS) is 18.5. The van der Waals surface area contributed by atoms with Crippen molar-refractivity contribution < 1.29 is 9.84 Å². The number of benzene rings is 1. The molecule has 0 saturated heterocycles. The third-order valence-electron chi connectivity index (χ3n) is 5.02. The topological polar surface area (TPSA) is 65.9 Å². The van der Waals surface area contributed by atoms with Crippen molar-refractivity contribution in [1.82, 2.24) is 10.6 Å². The SMILES string of the molecule is CCNC(=NCc1ccc(C)cc1OCC1CC1)NCC1(O)CCC1.I. The smallest absolute Gasteiger partial charge is 0.191 e. The van der Waals surface area contributed by atoms with E-state index in [1.54, 1.807) is 0 Å². The van der Waals surface area contributed by atoms with Crippen LogP contribution in [0.3, 0.4) is 0 Å². The number of nitrogens with zero attached hydrogens (tertiary/aromatic N) is 1. The fraction of sp³-hybridized carbons (Fsp3) is 0.650. The van der Waals surface area contributed by atoms with Crippen molar-refractivity contribution in [2.75, 3.05) is 19.7 Å². The maximum atomic E-state index is 10.2. The van der Waals surface area contributed by atoms with Gasteiger partial charge in [-0.15, -0.1) is 24.0 Å². The molecule has 0 bridgehead atoms. The van der Waals surface area contributed by atoms with Gasteiger partial charge in [0.2, 0.25) is 0 Å². The summed E-state index contributed by atoms with van der Waals surface area (Å²) in [4.78, 5) is 4.68. The van der Waals surface area contributed by atoms with Crippen LogP contribution in [-0.2, 0) is 6.54 Å². The molecule has 0 unspecified atom stereocenters. The fourth-order valence-electron chi connectivity index (χ4n) is 2.93. The summed E-state index contributed by atoms with van der Waals surface area (Å²) in [5, 5.41) is 16.8. The zero-order valence-corrected chi connectivity index (χ0v) is 18.2. The summed E-state index contributed by atoms with van der Waals surface area (Å²) >= 11 is 0. The Balaban J connectivity index is 0.00000243. The number of hydrogen-bond donors (Lipinski definition) is 3. The Morgan fingerprint density at radius 1 is 1.31 bits per heavy atom. The van der Waals surface area contributed by atoms with Gasteiger partial charge in [0, 0.05) is 18.7 Å². The van der Waals surface area contributed by atoms with E-state index in [2.05, 4.69) is 40.7 Å². The van der Waals surface area contributed by atoms with Gasteiger partial charge in [-0.05, 0) is 63.5 Å². The van der Waals surface area contributed by atoms with E-state index in [9.17, 15) is 5.11 Å². The van der Waals surface area contributed by atoms with E-state index in [1.165, 1.54) is 18.4 Å². The molecule has 2 aliphatic carbocycles. The van der Waals surface area contributed by atoms with Crippen LogP contribution in [0.5, 0.6) is 5.75 Å². The van der Waals surface area contributed by atoms with Gasteiger partial charge in [-0.2, -0.15) is 0 Å². The molecule has 1 aromatic rings. The van der Waals surface area contributed by atoms with Crippen molar-refractivity contribution in [2.45, 2.75) is 58.1 Å². The van der Waals surface area contributed by atoms with Gasteiger partial charge in [0.05, 0.1) is 18.8 Å². The van der Waals surface area contributed by atoms with Crippen molar-refractivity contribution >= 4 is 29.9 Å². The summed E-state index contributed by atoms with van der Waals surface area (Å²) in [7, 11) is 0. The maximum Gasteiger partial charge on any atom is 0.191 e. The molecule has 6 heteroatoms. The minimum absolute atomic E-state index is 0. The number of hydrogen-bond acceptors (Lipinski definition) is 3. The van der Waals surface area contributed by atoms with Gasteiger partial charge in [0.1, 0.15) is 5.75 Å². The van der Waals surface area contributed by atoms with E-state index in [-0.39, 0.29) is 24.0 Å². The van der Waals surface area contributed by atoms with Gasteiger partial charge in [-0.25, -0.2) is 4.99 Å². The monoisotopic (exact) mass is 473 g/mol. The average molecular weight is 473 g/mol. The van der Waals surface area contributed by atoms with Gasteiger partial charge in [-0.3, -0.25) is 0 Å². The van der Waals surface area contributed by atoms with Crippen LogP contribution in [0.15, 0.2) is 23.2 Å². The van der Waals surface area contributed by atoms with Crippen molar-refractivity contribution in [1.29, 1.82) is 0 Å². The second-order valence-corrected chi connectivity index (χ2v) is 7.49. The lowest BCUT2D eigenvalue weighted by molar-refractivity contribution is -0.0279. The molecule has 2 fully saturated rings. The molecular weight excluding hydrogens is 441 g/mol. The molecule has 3 N–H and O–H groups in total. The van der Waals surface area contributed by atoms with Crippen LogP contribution in [0.25, 0.3) is 0 Å². The van der Waals surface area contributed by atoms with Crippen LogP contribution in [-0.4, -0.2) is 36.4 Å². The molecule has 2 aliphatic rings. The summed E-state index contributed by atoms with van der Waals surface area (Å²) < 4.78 is 6.02. The number of aliphatic imine (C=N–C) groups is 1. The summed E-state index contributed by atoms with van der Waals surface area (Å²) in [5.41, 5.74) is 1.75. The third kappa shape index (κ3) is 6.30. The largest absolute Gasteiger partial charge is 0.493 e. The third-order valence-corrected chi connectivity index (χ3v) is 5.02. The molecule has 0 spiro atoms. The van der Waals surface area contributed by atoms with E-state index in [4.69, 9.17) is 4.74 Å². The highest BCUT2D eigenvalue weighted by molar-refractivity contribution is 14.0. The van der Waals surface area contributed by atoms with Crippen LogP contribution in [0, 0.1) is 12.8 Å². The minimum atomic E-state index is -0.557. The van der Waals surface area contributed by atoms with Crippen LogP contribution in [0.4, 0.5) is 0 Å². The predicted octanol–water partition coefficient (Wildman–Crippen LogP) is 3.37. The van der Waals surface area contributed by atoms with Crippen LogP contribution in [0.2, 0.25) is 0 Å². The first-order valence-electron chi connectivity index (χ1n) is 9.55. The quantitative estimate of drug-likeness (QED) is 0.308. The molecule has 3 rings (SSSR count). The average Bonchev–Trinajstić information content (AvgIpc) is 3.39. The van der Waals surface area contributed by atoms with Gasteiger partial charge in [-0.1, -0.05) is 12.1 Å². The lowest BCUT2D eigenvalue weighted by atomic mass is 9.80. The Labute approximate surface area is 174 Å². The number of guanidine groups is 1. The number of aliphatic hydroxyl groups is 1. The molecule has 5 nitrogen and oxygen atoms in total. The molecule has 0 radical (unpaired) electrons. The van der Waals surface area contributed by atoms with Gasteiger partial charge in [0.25, 0.3) is 0 Å². The summed E-state index contributed by atoms with van der Waals surface area (Å²) in [6.45, 7) is 6.85. The highest BCUT2D eigenvalue weighted by atomic mass is 127. The summed E-state index contributed by atoms with van der Waals surface area (Å²) in [5.74, 6) is 2.43. The molecule has 0 atom stereocenters. The molecule has 0 heterocycles. The first-order chi connectivity index (χ1) is 12.1. The second-order valence-electron chi connectivity index (χ2n) is 7.49. The van der Waals surface area contributed by atoms with Gasteiger partial charge < -0.3 is 20.5 Å². The first-order valence-corrected chi connectivity index (χ1v) is 9.55. The van der Waals surface area contributed by atoms with Crippen molar-refractivity contribution in [3.05, 3.63) is 29.3 Å². The Kier molecular flexibility index (Phi) is 8.01. The zero-order chi connectivity index (χ0) is 17.7. The Bertz CT molecular complexity index is 613. The standard InChI is InChI=1S/C20H31N3O2.HI/c1-3-21-19(23-14-20(24)9-4-10-20)22-12-17-8-5-15(2)11-18(17)25-13-16-6-7-16;/h5,8,11,16,24H,3-4,6-7,9-10,12-14H2,1-2H3,(H2,21,22,23);1H. The van der Waals surface area contributed by atoms with Crippen molar-refractivity contribution in [3.8, 4) is 5.75 Å². The van der Waals surface area contributed by atoms with E-state index in [0.717, 1.165) is 55.6 Å². The van der Waals surface area contributed by atoms with E-state index >= 15 is 0 Å². The Morgan fingerprint density at radius 2 is 2.08 bits per heavy atom. The Morgan fingerprint density at radius 3 is 2.69 bits per heavy atom. The number of ether oxygens (including phenoxy) is 1. The highest BCUT2D eigenvalue weighted by Gasteiger charge is 2.34. The predicted molar refractivity (Wildman–Crippen MR) is 116 cm³/mol. The van der Waals surface area contributed by atoms with Crippen LogP contribution >= 0.6 is 24.0 Å². The lowest BCUT2D eigenvalue weighted by Crippen LogP contribution is -2.50. The molecule has 1 aromatic carbocycles. The maximum absolute atomic E-state index is 10.2. The molecule has 0 aliphatic heterocycles. The highest BCUT2D eigenvalue weighted by Crippen LogP contribution is 2.31. The lowest BCUT2D eigenvalue weighted by Gasteiger charge is -2.37. The molecular formula is C20H32IN3O2. The van der Waals surface area contributed by atoms with E-state index in [0.29, 0.717) is 13.1 Å². The second kappa shape index (κ2) is 9.78. The summed E-state index contributed by atoms with van der Waals surface area (Å²) in [6.07, 6.45) is 5.43. The van der Waals surface area contributed by atoms with Crippen LogP contribution in [0.1, 0.15) is 50.2 Å². The van der Waals surface area contributed by atoms with Crippen molar-refractivity contribution in [2.24, 2.45) is 10.9 Å². The Hall–Kier alpha value is -1.02. The minimum Gasteiger partial charge on any atom is -0.493 e. The molecule has 0 aromatic heterocycles. The van der Waals surface area contributed by atoms with E-state index < -0.39 is 5.60 Å². The molecule has 0 amide bonds. The number of aryl methyl sites for hydroxylation is 1. The molecule has 2 saturated carbocycles. The first kappa shape index (κ1) is 21.3. The van der Waals surface area contributed by atoms with Gasteiger partial charge >= 0.3 is 0 Å². The number of rotatable bonds is 8. The molecule has 146 valence electrons.